The van der Waals surface area contributed by atoms with Crippen molar-refractivity contribution in [3.8, 4) is 5.75 Å². The molecule has 0 unspecified atom stereocenters. The Labute approximate surface area is 177 Å². The van der Waals surface area contributed by atoms with Crippen LogP contribution >= 0.6 is 23.1 Å². The van der Waals surface area contributed by atoms with Crippen LogP contribution < -0.4 is 9.54 Å². The predicted octanol–water partition coefficient (Wildman–Crippen LogP) is 4.50. The first-order chi connectivity index (χ1) is 14.1. The van der Waals surface area contributed by atoms with E-state index in [1.54, 1.807) is 38.1 Å². The van der Waals surface area contributed by atoms with Gasteiger partial charge in [-0.15, -0.1) is 11.8 Å². The van der Waals surface area contributed by atoms with Crippen molar-refractivity contribution in [3.63, 3.8) is 0 Å². The van der Waals surface area contributed by atoms with Crippen molar-refractivity contribution in [1.82, 2.24) is 4.57 Å². The smallest absolute Gasteiger partial charge is 0.248 e. The molecule has 0 N–H and O–H groups in total. The molecule has 0 spiro atoms. The van der Waals surface area contributed by atoms with Gasteiger partial charge in [-0.3, -0.25) is 4.79 Å². The number of ether oxygens (including phenoxy) is 2. The third kappa shape index (κ3) is 5.91. The van der Waals surface area contributed by atoms with Crippen LogP contribution in [0.4, 0.5) is 4.39 Å². The van der Waals surface area contributed by atoms with E-state index in [-0.39, 0.29) is 11.7 Å². The summed E-state index contributed by atoms with van der Waals surface area (Å²) in [5, 5.41) is 0. The van der Waals surface area contributed by atoms with E-state index in [9.17, 15) is 9.18 Å². The van der Waals surface area contributed by atoms with Crippen LogP contribution in [-0.4, -0.2) is 37.1 Å². The molecule has 0 aliphatic heterocycles. The molecule has 0 aliphatic rings. The molecule has 3 rings (SSSR count). The largest absolute Gasteiger partial charge is 0.497 e. The number of benzene rings is 2. The number of amides is 1. The summed E-state index contributed by atoms with van der Waals surface area (Å²) in [5.41, 5.74) is 1.01. The predicted molar refractivity (Wildman–Crippen MR) is 115 cm³/mol. The van der Waals surface area contributed by atoms with E-state index in [2.05, 4.69) is 4.99 Å². The number of methoxy groups -OCH3 is 2. The zero-order valence-electron chi connectivity index (χ0n) is 16.4. The molecule has 1 amide bonds. The van der Waals surface area contributed by atoms with E-state index in [1.807, 2.05) is 22.8 Å². The molecule has 0 aliphatic carbocycles. The fraction of sp³-hybridized carbons (Fsp3) is 0.333. The molecule has 0 saturated carbocycles. The van der Waals surface area contributed by atoms with Gasteiger partial charge < -0.3 is 14.0 Å². The molecule has 5 nitrogen and oxygen atoms in total. The summed E-state index contributed by atoms with van der Waals surface area (Å²) in [4.78, 5) is 18.4. The number of rotatable bonds is 9. The average Bonchev–Trinajstić information content (AvgIpc) is 3.06. The molecule has 0 radical (unpaired) electrons. The number of hydrogen-bond donors (Lipinski definition) is 0. The molecule has 3 aromatic rings. The number of carbonyl (C=O) groups excluding carboxylic acids is 1. The molecule has 2 aromatic carbocycles. The van der Waals surface area contributed by atoms with Crippen LogP contribution in [0.15, 0.2) is 52.4 Å². The minimum atomic E-state index is -0.244. The SMILES string of the molecule is COCCn1c(=NC(=O)CCCSc2ccc(F)cc2)sc2cc(OC)ccc21. The molecule has 154 valence electrons. The summed E-state index contributed by atoms with van der Waals surface area (Å²) in [6.45, 7) is 1.16. The average molecular weight is 435 g/mol. The van der Waals surface area contributed by atoms with Gasteiger partial charge in [-0.2, -0.15) is 4.99 Å². The van der Waals surface area contributed by atoms with Crippen LogP contribution in [-0.2, 0) is 16.1 Å². The lowest BCUT2D eigenvalue weighted by Crippen LogP contribution is -2.19. The normalized spacial score (nSPS) is 11.9. The molecule has 0 atom stereocenters. The van der Waals surface area contributed by atoms with Gasteiger partial charge in [-0.05, 0) is 54.6 Å². The van der Waals surface area contributed by atoms with E-state index >= 15 is 0 Å². The molecule has 29 heavy (non-hydrogen) atoms. The first-order valence-electron chi connectivity index (χ1n) is 9.23. The summed E-state index contributed by atoms with van der Waals surface area (Å²) < 4.78 is 26.5. The van der Waals surface area contributed by atoms with Crippen LogP contribution in [0.25, 0.3) is 10.2 Å². The Morgan fingerprint density at radius 2 is 2.00 bits per heavy atom. The van der Waals surface area contributed by atoms with Gasteiger partial charge in [0.2, 0.25) is 5.91 Å². The number of halogens is 1. The second kappa shape index (κ2) is 10.6. The van der Waals surface area contributed by atoms with Gasteiger partial charge >= 0.3 is 0 Å². The third-order valence-electron chi connectivity index (χ3n) is 4.25. The molecule has 0 fully saturated rings. The Morgan fingerprint density at radius 3 is 2.72 bits per heavy atom. The maximum atomic E-state index is 12.9. The van der Waals surface area contributed by atoms with Crippen molar-refractivity contribution >= 4 is 39.2 Å². The van der Waals surface area contributed by atoms with Crippen LogP contribution in [0.3, 0.4) is 0 Å². The minimum Gasteiger partial charge on any atom is -0.497 e. The number of carbonyl (C=O) groups is 1. The zero-order chi connectivity index (χ0) is 20.6. The molecular weight excluding hydrogens is 411 g/mol. The molecule has 1 heterocycles. The second-order valence-corrected chi connectivity index (χ2v) is 8.45. The standard InChI is InChI=1S/C21H23FN2O3S2/c1-26-12-11-24-18-10-7-16(27-2)14-19(18)29-21(24)23-20(25)4-3-13-28-17-8-5-15(22)6-9-17/h5-10,14H,3-4,11-13H2,1-2H3. The van der Waals surface area contributed by atoms with Crippen LogP contribution in [0.2, 0.25) is 0 Å². The van der Waals surface area contributed by atoms with E-state index in [4.69, 9.17) is 9.47 Å². The lowest BCUT2D eigenvalue weighted by atomic mass is 10.3. The Morgan fingerprint density at radius 1 is 1.21 bits per heavy atom. The Hall–Kier alpha value is -2.16. The number of thiazole rings is 1. The molecule has 0 saturated heterocycles. The van der Waals surface area contributed by atoms with Crippen molar-refractivity contribution in [1.29, 1.82) is 0 Å². The number of hydrogen-bond acceptors (Lipinski definition) is 5. The molecule has 1 aromatic heterocycles. The van der Waals surface area contributed by atoms with Crippen molar-refractivity contribution in [2.45, 2.75) is 24.3 Å². The summed E-state index contributed by atoms with van der Waals surface area (Å²) in [7, 11) is 3.28. The monoisotopic (exact) mass is 434 g/mol. The van der Waals surface area contributed by atoms with Crippen LogP contribution in [0, 0.1) is 5.82 Å². The zero-order valence-corrected chi connectivity index (χ0v) is 18.0. The molecular formula is C21H23FN2O3S2. The first kappa shape index (κ1) is 21.5. The van der Waals surface area contributed by atoms with Crippen molar-refractivity contribution < 1.29 is 18.7 Å². The Kier molecular flexibility index (Phi) is 7.85. The van der Waals surface area contributed by atoms with E-state index in [0.717, 1.165) is 26.6 Å². The van der Waals surface area contributed by atoms with Crippen molar-refractivity contribution in [2.24, 2.45) is 4.99 Å². The molecule has 8 heteroatoms. The van der Waals surface area contributed by atoms with Gasteiger partial charge in [0.1, 0.15) is 11.6 Å². The topological polar surface area (TPSA) is 52.8 Å². The Bertz CT molecular complexity index is 1030. The van der Waals surface area contributed by atoms with Crippen molar-refractivity contribution in [2.75, 3.05) is 26.6 Å². The minimum absolute atomic E-state index is 0.144. The first-order valence-corrected chi connectivity index (χ1v) is 11.0. The maximum absolute atomic E-state index is 12.9. The second-order valence-electron chi connectivity index (χ2n) is 6.27. The lowest BCUT2D eigenvalue weighted by molar-refractivity contribution is -0.118. The van der Waals surface area contributed by atoms with E-state index in [0.29, 0.717) is 30.8 Å². The highest BCUT2D eigenvalue weighted by Gasteiger charge is 2.09. The van der Waals surface area contributed by atoms with Gasteiger partial charge in [-0.25, -0.2) is 4.39 Å². The summed E-state index contributed by atoms with van der Waals surface area (Å²) in [6, 6.07) is 12.2. The highest BCUT2D eigenvalue weighted by molar-refractivity contribution is 7.99. The highest BCUT2D eigenvalue weighted by atomic mass is 32.2. The fourth-order valence-electron chi connectivity index (χ4n) is 2.77. The Balaban J connectivity index is 1.68. The molecule has 0 bridgehead atoms. The number of fused-ring (bicyclic) bond motifs is 1. The van der Waals surface area contributed by atoms with Crippen molar-refractivity contribution in [3.05, 3.63) is 53.1 Å². The maximum Gasteiger partial charge on any atom is 0.248 e. The van der Waals surface area contributed by atoms with Gasteiger partial charge in [-0.1, -0.05) is 11.3 Å². The van der Waals surface area contributed by atoms with Gasteiger partial charge in [0.05, 0.1) is 23.9 Å². The highest BCUT2D eigenvalue weighted by Crippen LogP contribution is 2.23. The summed E-state index contributed by atoms with van der Waals surface area (Å²) >= 11 is 3.07. The van der Waals surface area contributed by atoms with Crippen LogP contribution in [0.5, 0.6) is 5.75 Å². The van der Waals surface area contributed by atoms with Gasteiger partial charge in [0.15, 0.2) is 4.80 Å². The van der Waals surface area contributed by atoms with Gasteiger partial charge in [0, 0.05) is 25.0 Å². The van der Waals surface area contributed by atoms with E-state index < -0.39 is 0 Å². The summed E-state index contributed by atoms with van der Waals surface area (Å²) in [5.74, 6) is 1.16. The summed E-state index contributed by atoms with van der Waals surface area (Å²) in [6.07, 6.45) is 1.08. The number of aromatic nitrogens is 1. The fourth-order valence-corrected chi connectivity index (χ4v) is 4.73. The lowest BCUT2D eigenvalue weighted by Gasteiger charge is -2.05. The third-order valence-corrected chi connectivity index (χ3v) is 6.39. The number of thioether (sulfide) groups is 1. The van der Waals surface area contributed by atoms with Gasteiger partial charge in [0.25, 0.3) is 0 Å². The van der Waals surface area contributed by atoms with E-state index in [1.165, 1.54) is 23.5 Å². The number of nitrogens with zero attached hydrogens (tertiary/aromatic N) is 2. The van der Waals surface area contributed by atoms with Crippen LogP contribution in [0.1, 0.15) is 12.8 Å². The quantitative estimate of drug-likeness (QED) is 0.368.